The highest BCUT2D eigenvalue weighted by molar-refractivity contribution is 5.18. The second-order valence-corrected chi connectivity index (χ2v) is 3.22. The van der Waals surface area contributed by atoms with E-state index in [2.05, 4.69) is 10.4 Å². The van der Waals surface area contributed by atoms with E-state index in [1.54, 1.807) is 13.2 Å². The maximum Gasteiger partial charge on any atom is 0.146 e. The molecule has 0 aliphatic carbocycles. The number of nitrogens with two attached hydrogens (primary N) is 1. The Kier molecular flexibility index (Phi) is 4.61. The number of nitrogens with one attached hydrogen (secondary N) is 1. The van der Waals surface area contributed by atoms with Crippen LogP contribution in [0, 0.1) is 5.82 Å². The minimum atomic E-state index is -0.379. The van der Waals surface area contributed by atoms with Crippen LogP contribution < -0.4 is 11.3 Å². The fourth-order valence-corrected chi connectivity index (χ4v) is 1.57. The molecule has 0 saturated carbocycles. The van der Waals surface area contributed by atoms with Gasteiger partial charge in [0.1, 0.15) is 5.82 Å². The third kappa shape index (κ3) is 2.71. The third-order valence-corrected chi connectivity index (χ3v) is 2.40. The molecule has 1 heterocycles. The van der Waals surface area contributed by atoms with Crippen LogP contribution in [-0.4, -0.2) is 18.2 Å². The largest absolute Gasteiger partial charge is 0.379 e. The molecule has 15 heavy (non-hydrogen) atoms. The highest BCUT2D eigenvalue weighted by Crippen LogP contribution is 2.22. The van der Waals surface area contributed by atoms with E-state index in [1.165, 1.54) is 12.4 Å². The number of hydrogen-bond acceptors (Lipinski definition) is 4. The van der Waals surface area contributed by atoms with Crippen molar-refractivity contribution in [2.24, 2.45) is 5.84 Å². The Morgan fingerprint density at radius 1 is 1.67 bits per heavy atom. The summed E-state index contributed by atoms with van der Waals surface area (Å²) < 4.78 is 18.7. The lowest BCUT2D eigenvalue weighted by Crippen LogP contribution is -2.37. The maximum atomic E-state index is 13.4. The molecule has 2 atom stereocenters. The van der Waals surface area contributed by atoms with E-state index >= 15 is 0 Å². The van der Waals surface area contributed by atoms with Crippen LogP contribution >= 0.6 is 0 Å². The van der Waals surface area contributed by atoms with Gasteiger partial charge in [0.15, 0.2) is 0 Å². The Morgan fingerprint density at radius 3 is 2.87 bits per heavy atom. The van der Waals surface area contributed by atoms with Gasteiger partial charge in [0.25, 0.3) is 0 Å². The van der Waals surface area contributed by atoms with E-state index in [1.807, 2.05) is 6.92 Å². The van der Waals surface area contributed by atoms with Crippen molar-refractivity contribution >= 4 is 0 Å². The summed E-state index contributed by atoms with van der Waals surface area (Å²) in [5, 5.41) is 0. The number of hydrazine groups is 1. The van der Waals surface area contributed by atoms with Crippen molar-refractivity contribution in [3.05, 3.63) is 29.8 Å². The minimum absolute atomic E-state index is 0.160. The molecule has 0 aromatic carbocycles. The van der Waals surface area contributed by atoms with Crippen LogP contribution in [0.4, 0.5) is 4.39 Å². The van der Waals surface area contributed by atoms with Crippen molar-refractivity contribution in [1.82, 2.24) is 10.4 Å². The Morgan fingerprint density at radius 2 is 2.40 bits per heavy atom. The Hall–Kier alpha value is -1.04. The molecule has 4 nitrogen and oxygen atoms in total. The summed E-state index contributed by atoms with van der Waals surface area (Å²) in [4.78, 5) is 3.69. The van der Waals surface area contributed by atoms with Gasteiger partial charge in [-0.25, -0.2) is 4.39 Å². The first kappa shape index (κ1) is 12.0. The molecule has 1 aromatic rings. The van der Waals surface area contributed by atoms with Crippen LogP contribution in [0.1, 0.15) is 24.9 Å². The zero-order valence-electron chi connectivity index (χ0n) is 8.90. The molecular weight excluding hydrogens is 197 g/mol. The Labute approximate surface area is 88.6 Å². The van der Waals surface area contributed by atoms with Gasteiger partial charge in [0.05, 0.1) is 18.3 Å². The average Bonchev–Trinajstić information content (AvgIpc) is 2.27. The monoisotopic (exact) mass is 213 g/mol. The predicted molar refractivity (Wildman–Crippen MR) is 55.3 cm³/mol. The van der Waals surface area contributed by atoms with Gasteiger partial charge in [-0.15, -0.1) is 0 Å². The topological polar surface area (TPSA) is 60.2 Å². The summed E-state index contributed by atoms with van der Waals surface area (Å²) in [5.41, 5.74) is 3.04. The number of ether oxygens (including phenoxy) is 1. The number of methoxy groups -OCH3 is 1. The van der Waals surface area contributed by atoms with E-state index in [4.69, 9.17) is 10.6 Å². The number of rotatable bonds is 5. The lowest BCUT2D eigenvalue weighted by Gasteiger charge is -2.24. The van der Waals surface area contributed by atoms with Gasteiger partial charge in [-0.3, -0.25) is 16.3 Å². The zero-order chi connectivity index (χ0) is 11.3. The highest BCUT2D eigenvalue weighted by Gasteiger charge is 2.22. The first-order valence-corrected chi connectivity index (χ1v) is 4.82. The van der Waals surface area contributed by atoms with Crippen molar-refractivity contribution in [2.75, 3.05) is 7.11 Å². The standard InChI is InChI=1S/C10H16FN3O/c1-3-9(15-2)10(14-12)7-4-5-13-6-8(7)11/h4-6,9-10,14H,3,12H2,1-2H3. The molecule has 1 aromatic heterocycles. The van der Waals surface area contributed by atoms with E-state index in [0.717, 1.165) is 6.42 Å². The molecule has 0 amide bonds. The van der Waals surface area contributed by atoms with Crippen molar-refractivity contribution in [3.8, 4) is 0 Å². The van der Waals surface area contributed by atoms with E-state index in [9.17, 15) is 4.39 Å². The maximum absolute atomic E-state index is 13.4. The first-order chi connectivity index (χ1) is 7.24. The summed E-state index contributed by atoms with van der Waals surface area (Å²) in [6.07, 6.45) is 3.28. The molecule has 0 aliphatic heterocycles. The van der Waals surface area contributed by atoms with Crippen LogP contribution in [0.5, 0.6) is 0 Å². The molecule has 1 rings (SSSR count). The fraction of sp³-hybridized carbons (Fsp3) is 0.500. The minimum Gasteiger partial charge on any atom is -0.379 e. The molecule has 0 fully saturated rings. The van der Waals surface area contributed by atoms with Gasteiger partial charge < -0.3 is 4.74 Å². The van der Waals surface area contributed by atoms with Crippen LogP contribution in [-0.2, 0) is 4.74 Å². The van der Waals surface area contributed by atoms with Gasteiger partial charge in [-0.2, -0.15) is 0 Å². The van der Waals surface area contributed by atoms with Gasteiger partial charge in [0, 0.05) is 18.9 Å². The quantitative estimate of drug-likeness (QED) is 0.569. The molecule has 0 bridgehead atoms. The smallest absolute Gasteiger partial charge is 0.146 e. The molecule has 2 unspecified atom stereocenters. The predicted octanol–water partition coefficient (Wildman–Crippen LogP) is 1.15. The third-order valence-electron chi connectivity index (χ3n) is 2.40. The van der Waals surface area contributed by atoms with Crippen LogP contribution in [0.15, 0.2) is 18.5 Å². The van der Waals surface area contributed by atoms with E-state index in [0.29, 0.717) is 5.56 Å². The molecular formula is C10H16FN3O. The fourth-order valence-electron chi connectivity index (χ4n) is 1.57. The average molecular weight is 213 g/mol. The van der Waals surface area contributed by atoms with Crippen molar-refractivity contribution in [1.29, 1.82) is 0 Å². The Balaban J connectivity index is 2.96. The number of halogens is 1. The lowest BCUT2D eigenvalue weighted by molar-refractivity contribution is 0.0639. The number of aromatic nitrogens is 1. The lowest BCUT2D eigenvalue weighted by atomic mass is 10.0. The van der Waals surface area contributed by atoms with Crippen molar-refractivity contribution in [3.63, 3.8) is 0 Å². The summed E-state index contributed by atoms with van der Waals surface area (Å²) in [5.74, 6) is 5.03. The summed E-state index contributed by atoms with van der Waals surface area (Å²) in [6, 6.07) is 1.24. The normalized spacial score (nSPS) is 14.9. The highest BCUT2D eigenvalue weighted by atomic mass is 19.1. The summed E-state index contributed by atoms with van der Waals surface area (Å²) in [7, 11) is 1.58. The van der Waals surface area contributed by atoms with Crippen molar-refractivity contribution in [2.45, 2.75) is 25.5 Å². The van der Waals surface area contributed by atoms with Crippen LogP contribution in [0.3, 0.4) is 0 Å². The second-order valence-electron chi connectivity index (χ2n) is 3.22. The van der Waals surface area contributed by atoms with Crippen LogP contribution in [0.25, 0.3) is 0 Å². The number of nitrogens with zero attached hydrogens (tertiary/aromatic N) is 1. The van der Waals surface area contributed by atoms with Crippen LogP contribution in [0.2, 0.25) is 0 Å². The number of pyridine rings is 1. The Bertz CT molecular complexity index is 304. The SMILES string of the molecule is CCC(OC)C(NN)c1ccncc1F. The first-order valence-electron chi connectivity index (χ1n) is 4.82. The van der Waals surface area contributed by atoms with E-state index < -0.39 is 0 Å². The zero-order valence-corrected chi connectivity index (χ0v) is 8.90. The molecule has 0 aliphatic rings. The van der Waals surface area contributed by atoms with Crippen molar-refractivity contribution < 1.29 is 9.13 Å². The van der Waals surface area contributed by atoms with Gasteiger partial charge in [-0.1, -0.05) is 6.92 Å². The van der Waals surface area contributed by atoms with Gasteiger partial charge in [0.2, 0.25) is 0 Å². The molecule has 0 spiro atoms. The number of hydrogen-bond donors (Lipinski definition) is 2. The van der Waals surface area contributed by atoms with Gasteiger partial charge in [-0.05, 0) is 12.5 Å². The molecule has 0 radical (unpaired) electrons. The second kappa shape index (κ2) is 5.75. The van der Waals surface area contributed by atoms with E-state index in [-0.39, 0.29) is 18.0 Å². The summed E-state index contributed by atoms with van der Waals surface area (Å²) >= 11 is 0. The molecule has 84 valence electrons. The summed E-state index contributed by atoms with van der Waals surface area (Å²) in [6.45, 7) is 1.96. The van der Waals surface area contributed by atoms with Gasteiger partial charge >= 0.3 is 0 Å². The molecule has 0 saturated heterocycles. The molecule has 5 heteroatoms. The molecule has 3 N–H and O–H groups in total.